The summed E-state index contributed by atoms with van der Waals surface area (Å²) >= 11 is 0. The summed E-state index contributed by atoms with van der Waals surface area (Å²) in [6.45, 7) is 9.95. The molecule has 0 radical (unpaired) electrons. The number of nitrogens with one attached hydrogen (secondary N) is 2. The number of hydrogen-bond acceptors (Lipinski definition) is 4. The second-order valence-corrected chi connectivity index (χ2v) is 8.09. The minimum absolute atomic E-state index is 0.521. The van der Waals surface area contributed by atoms with Gasteiger partial charge in [0.2, 0.25) is 0 Å². The molecule has 1 aliphatic rings. The van der Waals surface area contributed by atoms with Crippen LogP contribution < -0.4 is 10.6 Å². The molecule has 1 atom stereocenters. The van der Waals surface area contributed by atoms with Gasteiger partial charge in [0, 0.05) is 42.8 Å². The molecule has 0 amide bonds. The first-order valence-electron chi connectivity index (χ1n) is 10.7. The molecular weight excluding hydrogens is 398 g/mol. The Hall–Kier alpha value is -2.54. The van der Waals surface area contributed by atoms with Crippen molar-refractivity contribution in [2.75, 3.05) is 33.7 Å². The highest BCUT2D eigenvalue weighted by atomic mass is 19.1. The first kappa shape index (κ1) is 24.7. The number of benzene rings is 1. The van der Waals surface area contributed by atoms with Gasteiger partial charge < -0.3 is 15.5 Å². The molecule has 7 heteroatoms. The third-order valence-electron chi connectivity index (χ3n) is 6.10. The maximum atomic E-state index is 15.1. The van der Waals surface area contributed by atoms with Crippen molar-refractivity contribution < 1.29 is 13.6 Å². The van der Waals surface area contributed by atoms with Crippen molar-refractivity contribution in [1.82, 2.24) is 15.5 Å². The van der Waals surface area contributed by atoms with Gasteiger partial charge in [-0.3, -0.25) is 4.79 Å². The Balaban J connectivity index is 2.28. The Morgan fingerprint density at radius 1 is 1.32 bits per heavy atom. The summed E-state index contributed by atoms with van der Waals surface area (Å²) in [5.41, 5.74) is 2.07. The van der Waals surface area contributed by atoms with Gasteiger partial charge in [0.1, 0.15) is 23.7 Å². The van der Waals surface area contributed by atoms with Crippen LogP contribution in [0.1, 0.15) is 44.2 Å². The number of aldehydes is 1. The van der Waals surface area contributed by atoms with E-state index in [1.54, 1.807) is 6.34 Å². The molecule has 0 fully saturated rings. The van der Waals surface area contributed by atoms with Crippen molar-refractivity contribution in [2.45, 2.75) is 44.9 Å². The maximum Gasteiger partial charge on any atom is 0.149 e. The van der Waals surface area contributed by atoms with E-state index in [-0.39, 0.29) is 0 Å². The fourth-order valence-corrected chi connectivity index (χ4v) is 4.30. The van der Waals surface area contributed by atoms with Gasteiger partial charge in [0.15, 0.2) is 0 Å². The molecule has 170 valence electrons. The minimum atomic E-state index is -0.648. The molecule has 0 saturated carbocycles. The highest BCUT2D eigenvalue weighted by molar-refractivity contribution is 5.76. The predicted octanol–water partition coefficient (Wildman–Crippen LogP) is 3.70. The number of carbonyl (C=O) groups is 1. The molecule has 0 saturated heterocycles. The number of rotatable bonds is 12. The Labute approximate surface area is 184 Å². The van der Waals surface area contributed by atoms with Crippen LogP contribution in [-0.2, 0) is 16.6 Å². The average molecular weight is 433 g/mol. The molecule has 2 rings (SSSR count). The van der Waals surface area contributed by atoms with E-state index in [0.717, 1.165) is 24.5 Å². The lowest BCUT2D eigenvalue weighted by Crippen LogP contribution is -2.36. The van der Waals surface area contributed by atoms with E-state index in [9.17, 15) is 9.18 Å². The number of allylic oxidation sites excluding steroid dienone is 1. The molecular formula is C24H34F2N4O. The third kappa shape index (κ3) is 5.58. The highest BCUT2D eigenvalue weighted by Gasteiger charge is 2.37. The topological polar surface area (TPSA) is 56.7 Å². The Morgan fingerprint density at radius 3 is 2.65 bits per heavy atom. The van der Waals surface area contributed by atoms with Gasteiger partial charge in [-0.2, -0.15) is 0 Å². The molecule has 2 N–H and O–H groups in total. The van der Waals surface area contributed by atoms with Crippen molar-refractivity contribution in [3.8, 4) is 0 Å². The lowest BCUT2D eigenvalue weighted by molar-refractivity contribution is -0.105. The summed E-state index contributed by atoms with van der Waals surface area (Å²) in [4.78, 5) is 17.5. The van der Waals surface area contributed by atoms with Crippen LogP contribution >= 0.6 is 0 Å². The summed E-state index contributed by atoms with van der Waals surface area (Å²) in [6.07, 6.45) is 4.87. The van der Waals surface area contributed by atoms with E-state index in [4.69, 9.17) is 0 Å². The molecule has 1 heterocycles. The lowest BCUT2D eigenvalue weighted by Gasteiger charge is -2.37. The van der Waals surface area contributed by atoms with E-state index in [0.29, 0.717) is 61.3 Å². The summed E-state index contributed by atoms with van der Waals surface area (Å²) in [5, 5.41) is 6.32. The Kier molecular flexibility index (Phi) is 8.92. The molecule has 1 unspecified atom stereocenters. The average Bonchev–Trinajstić information content (AvgIpc) is 3.09. The quantitative estimate of drug-likeness (QED) is 0.174. The summed E-state index contributed by atoms with van der Waals surface area (Å²) in [7, 11) is 3.75. The van der Waals surface area contributed by atoms with Crippen LogP contribution in [0.15, 0.2) is 40.7 Å². The fourth-order valence-electron chi connectivity index (χ4n) is 4.30. The second kappa shape index (κ2) is 11.2. The molecule has 1 aromatic rings. The standard InChI is InChI=1S/C24H34F2N4O/c1-6-18-13-20(25)14-21(26)22(18)24(17(2)3,8-10-27-4)9-11-28-16-29-23-19(15-31)7-12-30(23)5/h13-16,27H,2,6-12H2,1,3-5H3,(H,28,29). The molecule has 0 aromatic heterocycles. The molecule has 31 heavy (non-hydrogen) atoms. The van der Waals surface area contributed by atoms with Crippen LogP contribution in [0.3, 0.4) is 0 Å². The van der Waals surface area contributed by atoms with Crippen LogP contribution in [0.25, 0.3) is 0 Å². The molecule has 1 aromatic carbocycles. The SMILES string of the molecule is C=C(C)C(CCNC)(CCN/C=N/C1=C(C=O)CCN1C)c1c(F)cc(F)cc1CC. The third-order valence-corrected chi connectivity index (χ3v) is 6.10. The van der Waals surface area contributed by atoms with E-state index in [1.165, 1.54) is 6.07 Å². The first-order valence-corrected chi connectivity index (χ1v) is 10.7. The summed E-state index contributed by atoms with van der Waals surface area (Å²) < 4.78 is 29.0. The minimum Gasteiger partial charge on any atom is -0.376 e. The zero-order valence-corrected chi connectivity index (χ0v) is 19.0. The largest absolute Gasteiger partial charge is 0.376 e. The Morgan fingerprint density at radius 2 is 2.03 bits per heavy atom. The van der Waals surface area contributed by atoms with E-state index in [2.05, 4.69) is 22.2 Å². The van der Waals surface area contributed by atoms with Crippen molar-refractivity contribution in [3.05, 3.63) is 58.4 Å². The van der Waals surface area contributed by atoms with Gasteiger partial charge in [0.25, 0.3) is 0 Å². The zero-order chi connectivity index (χ0) is 23.0. The van der Waals surface area contributed by atoms with Gasteiger partial charge in [-0.05, 0) is 57.8 Å². The van der Waals surface area contributed by atoms with Crippen molar-refractivity contribution in [3.63, 3.8) is 0 Å². The van der Waals surface area contributed by atoms with Crippen molar-refractivity contribution in [2.24, 2.45) is 4.99 Å². The Bertz CT molecular complexity index is 865. The van der Waals surface area contributed by atoms with Gasteiger partial charge in [-0.15, -0.1) is 0 Å². The van der Waals surface area contributed by atoms with Crippen LogP contribution in [0.5, 0.6) is 0 Å². The van der Waals surface area contributed by atoms with Gasteiger partial charge >= 0.3 is 0 Å². The second-order valence-electron chi connectivity index (χ2n) is 8.09. The number of hydrogen-bond donors (Lipinski definition) is 2. The first-order chi connectivity index (χ1) is 14.8. The van der Waals surface area contributed by atoms with Crippen LogP contribution in [0.4, 0.5) is 8.78 Å². The van der Waals surface area contributed by atoms with Gasteiger partial charge in [0.05, 0.1) is 6.34 Å². The molecule has 0 bridgehead atoms. The normalized spacial score (nSPS) is 16.1. The van der Waals surface area contributed by atoms with Crippen molar-refractivity contribution >= 4 is 12.6 Å². The number of nitrogens with zero attached hydrogens (tertiary/aromatic N) is 2. The number of carbonyl (C=O) groups excluding carboxylic acids is 1. The van der Waals surface area contributed by atoms with Crippen LogP contribution in [0, 0.1) is 11.6 Å². The lowest BCUT2D eigenvalue weighted by atomic mass is 9.68. The predicted molar refractivity (Wildman–Crippen MR) is 122 cm³/mol. The molecule has 1 aliphatic heterocycles. The zero-order valence-electron chi connectivity index (χ0n) is 19.0. The highest BCUT2D eigenvalue weighted by Crippen LogP contribution is 2.41. The molecule has 0 spiro atoms. The number of aryl methyl sites for hydroxylation is 1. The van der Waals surface area contributed by atoms with Gasteiger partial charge in [-0.25, -0.2) is 13.8 Å². The molecule has 0 aliphatic carbocycles. The van der Waals surface area contributed by atoms with E-state index < -0.39 is 17.0 Å². The van der Waals surface area contributed by atoms with Crippen LogP contribution in [0.2, 0.25) is 0 Å². The number of halogens is 2. The van der Waals surface area contributed by atoms with Gasteiger partial charge in [-0.1, -0.05) is 19.1 Å². The smallest absolute Gasteiger partial charge is 0.149 e. The maximum absolute atomic E-state index is 15.1. The summed E-state index contributed by atoms with van der Waals surface area (Å²) in [5.74, 6) is -0.424. The van der Waals surface area contributed by atoms with E-state index >= 15 is 4.39 Å². The monoisotopic (exact) mass is 432 g/mol. The number of aliphatic imine (C=N–C) groups is 1. The van der Waals surface area contributed by atoms with Crippen molar-refractivity contribution in [1.29, 1.82) is 0 Å². The fraction of sp³-hybridized carbons (Fsp3) is 0.500. The molecule has 5 nitrogen and oxygen atoms in total. The summed E-state index contributed by atoms with van der Waals surface area (Å²) in [6, 6.07) is 2.39. The van der Waals surface area contributed by atoms with Crippen LogP contribution in [-0.4, -0.2) is 51.3 Å². The van der Waals surface area contributed by atoms with E-state index in [1.807, 2.05) is 32.8 Å².